The Kier molecular flexibility index (Phi) is 3.83. The monoisotopic (exact) mass is 221 g/mol. The Morgan fingerprint density at radius 1 is 1.27 bits per heavy atom. The van der Waals surface area contributed by atoms with E-state index in [1.807, 2.05) is 18.2 Å². The molecule has 0 fully saturated rings. The van der Waals surface area contributed by atoms with Crippen molar-refractivity contribution in [2.24, 2.45) is 5.92 Å². The molecule has 1 aromatic carbocycles. The molecule has 0 spiro atoms. The van der Waals surface area contributed by atoms with E-state index < -0.39 is 0 Å². The van der Waals surface area contributed by atoms with Gasteiger partial charge in [-0.2, -0.15) is 0 Å². The number of nitrogens with one attached hydrogen (secondary N) is 1. The SMILES string of the molecule is OCC1C=CC(NSc2ccccc2)C1. The molecule has 2 nitrogen and oxygen atoms in total. The van der Waals surface area contributed by atoms with E-state index in [9.17, 15) is 0 Å². The van der Waals surface area contributed by atoms with Gasteiger partial charge in [0.25, 0.3) is 0 Å². The van der Waals surface area contributed by atoms with E-state index in [0.717, 1.165) is 6.42 Å². The van der Waals surface area contributed by atoms with E-state index in [0.29, 0.717) is 12.0 Å². The lowest BCUT2D eigenvalue weighted by Crippen LogP contribution is -2.19. The van der Waals surface area contributed by atoms with Crippen molar-refractivity contribution in [1.82, 2.24) is 4.72 Å². The molecule has 0 heterocycles. The highest BCUT2D eigenvalue weighted by atomic mass is 32.2. The minimum absolute atomic E-state index is 0.255. The fourth-order valence-corrected chi connectivity index (χ4v) is 2.39. The van der Waals surface area contributed by atoms with Crippen molar-refractivity contribution in [1.29, 1.82) is 0 Å². The van der Waals surface area contributed by atoms with E-state index in [1.54, 1.807) is 11.9 Å². The molecule has 15 heavy (non-hydrogen) atoms. The van der Waals surface area contributed by atoms with Gasteiger partial charge in [-0.3, -0.25) is 4.72 Å². The zero-order valence-electron chi connectivity index (χ0n) is 8.47. The lowest BCUT2D eigenvalue weighted by Gasteiger charge is -2.11. The number of rotatable bonds is 4. The molecular formula is C12H15NOS. The minimum Gasteiger partial charge on any atom is -0.396 e. The van der Waals surface area contributed by atoms with Gasteiger partial charge in [0.15, 0.2) is 0 Å². The van der Waals surface area contributed by atoms with Crippen molar-refractivity contribution in [3.05, 3.63) is 42.5 Å². The van der Waals surface area contributed by atoms with Crippen LogP contribution in [-0.2, 0) is 0 Å². The highest BCUT2D eigenvalue weighted by molar-refractivity contribution is 7.97. The van der Waals surface area contributed by atoms with Crippen LogP contribution >= 0.6 is 11.9 Å². The van der Waals surface area contributed by atoms with Crippen molar-refractivity contribution < 1.29 is 5.11 Å². The van der Waals surface area contributed by atoms with Crippen LogP contribution in [0, 0.1) is 5.92 Å². The summed E-state index contributed by atoms with van der Waals surface area (Å²) in [6.45, 7) is 0.255. The summed E-state index contributed by atoms with van der Waals surface area (Å²) in [5.74, 6) is 0.332. The molecule has 2 atom stereocenters. The first-order valence-electron chi connectivity index (χ1n) is 5.15. The molecule has 3 heteroatoms. The van der Waals surface area contributed by atoms with Crippen LogP contribution in [0.15, 0.2) is 47.4 Å². The first-order chi connectivity index (χ1) is 7.38. The van der Waals surface area contributed by atoms with Gasteiger partial charge in [0.05, 0.1) is 0 Å². The van der Waals surface area contributed by atoms with Gasteiger partial charge >= 0.3 is 0 Å². The summed E-state index contributed by atoms with van der Waals surface area (Å²) < 4.78 is 3.38. The molecule has 2 rings (SSSR count). The fourth-order valence-electron chi connectivity index (χ4n) is 1.63. The molecule has 1 aliphatic carbocycles. The number of benzene rings is 1. The van der Waals surface area contributed by atoms with Gasteiger partial charge in [0, 0.05) is 23.5 Å². The molecule has 2 N–H and O–H groups in total. The molecule has 0 radical (unpaired) electrons. The Hall–Kier alpha value is -0.770. The van der Waals surface area contributed by atoms with E-state index in [4.69, 9.17) is 5.11 Å². The van der Waals surface area contributed by atoms with Crippen LogP contribution in [0.1, 0.15) is 6.42 Å². The summed E-state index contributed by atoms with van der Waals surface area (Å²) in [5.41, 5.74) is 0. The second kappa shape index (κ2) is 5.35. The van der Waals surface area contributed by atoms with Crippen LogP contribution in [0.25, 0.3) is 0 Å². The lowest BCUT2D eigenvalue weighted by molar-refractivity contribution is 0.248. The maximum Gasteiger partial charge on any atom is 0.0494 e. The molecule has 0 saturated heterocycles. The van der Waals surface area contributed by atoms with Crippen LogP contribution < -0.4 is 4.72 Å². The van der Waals surface area contributed by atoms with Gasteiger partial charge in [0.1, 0.15) is 0 Å². The molecular weight excluding hydrogens is 206 g/mol. The van der Waals surface area contributed by atoms with Crippen LogP contribution in [0.4, 0.5) is 0 Å². The summed E-state index contributed by atoms with van der Waals surface area (Å²) in [4.78, 5) is 1.22. The predicted octanol–water partition coefficient (Wildman–Crippen LogP) is 2.22. The van der Waals surface area contributed by atoms with Crippen molar-refractivity contribution >= 4 is 11.9 Å². The summed E-state index contributed by atoms with van der Waals surface area (Å²) in [6, 6.07) is 10.6. The standard InChI is InChI=1S/C12H15NOS/c14-9-10-6-7-11(8-10)13-15-12-4-2-1-3-5-12/h1-7,10-11,13-14H,8-9H2. The molecule has 0 amide bonds. The third kappa shape index (κ3) is 3.09. The maximum atomic E-state index is 8.98. The van der Waals surface area contributed by atoms with Gasteiger partial charge in [0.2, 0.25) is 0 Å². The molecule has 0 aromatic heterocycles. The molecule has 1 aromatic rings. The highest BCUT2D eigenvalue weighted by Gasteiger charge is 2.17. The zero-order valence-corrected chi connectivity index (χ0v) is 9.28. The van der Waals surface area contributed by atoms with Crippen molar-refractivity contribution in [3.63, 3.8) is 0 Å². The van der Waals surface area contributed by atoms with Crippen molar-refractivity contribution in [3.8, 4) is 0 Å². The van der Waals surface area contributed by atoms with E-state index in [-0.39, 0.29) is 6.61 Å². The van der Waals surface area contributed by atoms with Gasteiger partial charge in [-0.15, -0.1) is 0 Å². The predicted molar refractivity (Wildman–Crippen MR) is 63.6 cm³/mol. The Balaban J connectivity index is 1.78. The van der Waals surface area contributed by atoms with Crippen LogP contribution in [0.3, 0.4) is 0 Å². The van der Waals surface area contributed by atoms with Crippen molar-refractivity contribution in [2.45, 2.75) is 17.4 Å². The third-order valence-electron chi connectivity index (χ3n) is 2.48. The topological polar surface area (TPSA) is 32.3 Å². The molecule has 1 aliphatic rings. The number of hydrogen-bond donors (Lipinski definition) is 2. The lowest BCUT2D eigenvalue weighted by atomic mass is 10.1. The van der Waals surface area contributed by atoms with Crippen molar-refractivity contribution in [2.75, 3.05) is 6.61 Å². The summed E-state index contributed by atoms with van der Waals surface area (Å²) in [5, 5.41) is 8.98. The van der Waals surface area contributed by atoms with Crippen LogP contribution in [0.5, 0.6) is 0 Å². The smallest absolute Gasteiger partial charge is 0.0494 e. The summed E-state index contributed by atoms with van der Waals surface area (Å²) in [7, 11) is 0. The largest absolute Gasteiger partial charge is 0.396 e. The summed E-state index contributed by atoms with van der Waals surface area (Å²) in [6.07, 6.45) is 5.22. The molecule has 0 saturated carbocycles. The Bertz CT molecular complexity index is 326. The average Bonchev–Trinajstić information content (AvgIpc) is 2.76. The minimum atomic E-state index is 0.255. The maximum absolute atomic E-state index is 8.98. The molecule has 80 valence electrons. The van der Waals surface area contributed by atoms with E-state index in [2.05, 4.69) is 29.0 Å². The molecule has 2 unspecified atom stereocenters. The number of aliphatic hydroxyl groups is 1. The second-order valence-corrected chi connectivity index (χ2v) is 4.61. The van der Waals surface area contributed by atoms with Crippen LogP contribution in [0.2, 0.25) is 0 Å². The zero-order chi connectivity index (χ0) is 10.5. The average molecular weight is 221 g/mol. The van der Waals surface area contributed by atoms with Gasteiger partial charge < -0.3 is 5.11 Å². The third-order valence-corrected chi connectivity index (χ3v) is 3.41. The van der Waals surface area contributed by atoms with E-state index in [1.165, 1.54) is 4.90 Å². The first kappa shape index (κ1) is 10.7. The molecule has 0 bridgehead atoms. The van der Waals surface area contributed by atoms with Gasteiger partial charge in [-0.05, 0) is 30.5 Å². The Morgan fingerprint density at radius 3 is 2.73 bits per heavy atom. The fraction of sp³-hybridized carbons (Fsp3) is 0.333. The Labute approximate surface area is 94.5 Å². The quantitative estimate of drug-likeness (QED) is 0.604. The normalized spacial score (nSPS) is 24.6. The molecule has 0 aliphatic heterocycles. The highest BCUT2D eigenvalue weighted by Crippen LogP contribution is 2.21. The first-order valence-corrected chi connectivity index (χ1v) is 5.97. The second-order valence-electron chi connectivity index (χ2n) is 3.70. The summed E-state index contributed by atoms with van der Waals surface area (Å²) >= 11 is 1.65. The number of hydrogen-bond acceptors (Lipinski definition) is 3. The van der Waals surface area contributed by atoms with Crippen LogP contribution in [-0.4, -0.2) is 17.8 Å². The van der Waals surface area contributed by atoms with Gasteiger partial charge in [-0.1, -0.05) is 30.4 Å². The van der Waals surface area contributed by atoms with Gasteiger partial charge in [-0.25, -0.2) is 0 Å². The number of aliphatic hydroxyl groups excluding tert-OH is 1. The van der Waals surface area contributed by atoms with E-state index >= 15 is 0 Å². The Morgan fingerprint density at radius 2 is 2.07 bits per heavy atom.